The second-order valence-corrected chi connectivity index (χ2v) is 20.9. The van der Waals surface area contributed by atoms with E-state index in [1.807, 2.05) is 18.2 Å². The Balaban J connectivity index is 1.01. The molecule has 3 aromatic rings. The lowest BCUT2D eigenvalue weighted by atomic mass is 9.96. The summed E-state index contributed by atoms with van der Waals surface area (Å²) >= 11 is 0. The van der Waals surface area contributed by atoms with Crippen LogP contribution in [0.25, 0.3) is 10.9 Å². The number of pyridine rings is 1. The predicted octanol–water partition coefficient (Wildman–Crippen LogP) is 8.71. The molecule has 0 aliphatic carbocycles. The Bertz CT molecular complexity index is 1850. The molecule has 1 atom stereocenters. The molecule has 1 unspecified atom stereocenters. The van der Waals surface area contributed by atoms with Gasteiger partial charge < -0.3 is 19.6 Å². The van der Waals surface area contributed by atoms with Gasteiger partial charge in [-0.2, -0.15) is 0 Å². The number of piperazine rings is 1. The fourth-order valence-electron chi connectivity index (χ4n) is 9.73. The molecule has 10 nitrogen and oxygen atoms in total. The molecule has 6 rings (SSSR count). The molecule has 0 radical (unpaired) electrons. The largest absolute Gasteiger partial charge is 0.494 e. The third-order valence-electron chi connectivity index (χ3n) is 13.4. The first-order valence-corrected chi connectivity index (χ1v) is 26.6. The Morgan fingerprint density at radius 2 is 1.27 bits per heavy atom. The van der Waals surface area contributed by atoms with Crippen LogP contribution in [-0.4, -0.2) is 128 Å². The molecule has 1 aromatic heterocycles. The molecule has 0 spiro atoms. The first kappa shape index (κ1) is 46.9. The zero-order chi connectivity index (χ0) is 42.2. The van der Waals surface area contributed by atoms with Crippen molar-refractivity contribution in [1.29, 1.82) is 0 Å². The Kier molecular flexibility index (Phi) is 19.0. The minimum Gasteiger partial charge on any atom is -0.494 e. The van der Waals surface area contributed by atoms with E-state index in [9.17, 15) is 17.7 Å². The van der Waals surface area contributed by atoms with Gasteiger partial charge in [-0.3, -0.25) is 19.0 Å². The Morgan fingerprint density at radius 3 is 1.83 bits per heavy atom. The fourth-order valence-corrected chi connectivity index (χ4v) is 11.7. The topological polar surface area (TPSA) is 107 Å². The molecule has 12 heteroatoms. The van der Waals surface area contributed by atoms with Crippen LogP contribution in [0.5, 0.6) is 5.75 Å². The van der Waals surface area contributed by atoms with Gasteiger partial charge in [-0.05, 0) is 87.7 Å². The van der Waals surface area contributed by atoms with E-state index in [-0.39, 0.29) is 16.4 Å². The second-order valence-electron chi connectivity index (χ2n) is 17.6. The van der Waals surface area contributed by atoms with E-state index < -0.39 is 20.6 Å². The number of unbranched alkanes of at least 4 members (excludes halogenated alkanes) is 13. The summed E-state index contributed by atoms with van der Waals surface area (Å²) in [5, 5.41) is 10.1. The summed E-state index contributed by atoms with van der Waals surface area (Å²) in [6.07, 6.45) is 25.8. The number of aliphatic hydroxyl groups excluding tert-OH is 1. The molecule has 1 N–H and O–H groups in total. The van der Waals surface area contributed by atoms with Crippen LogP contribution in [0, 0.1) is 0 Å². The van der Waals surface area contributed by atoms with Crippen LogP contribution >= 0.6 is 0 Å². The number of sulfone groups is 1. The molecule has 3 aliphatic heterocycles. The molecular weight excluding hydrogens is 791 g/mol. The number of nitrogens with zero attached hydrogens (tertiary/aromatic N) is 5. The molecule has 0 saturated carbocycles. The van der Waals surface area contributed by atoms with E-state index >= 15 is 0 Å². The van der Waals surface area contributed by atoms with E-state index in [1.54, 1.807) is 30.5 Å². The van der Waals surface area contributed by atoms with Gasteiger partial charge in [0.2, 0.25) is 9.84 Å². The average Bonchev–Trinajstić information content (AvgIpc) is 3.27. The van der Waals surface area contributed by atoms with Crippen molar-refractivity contribution in [1.82, 2.24) is 19.7 Å². The van der Waals surface area contributed by atoms with E-state index in [0.29, 0.717) is 40.5 Å². The van der Waals surface area contributed by atoms with Gasteiger partial charge in [-0.1, -0.05) is 90.4 Å². The third kappa shape index (κ3) is 13.2. The Morgan fingerprint density at radius 1 is 0.717 bits per heavy atom. The van der Waals surface area contributed by atoms with Gasteiger partial charge in [0.15, 0.2) is 0 Å². The van der Waals surface area contributed by atoms with Crippen molar-refractivity contribution < 1.29 is 22.5 Å². The number of hydrogen-bond acceptors (Lipinski definition) is 10. The maximum absolute atomic E-state index is 14.5. The van der Waals surface area contributed by atoms with Crippen molar-refractivity contribution >= 4 is 37.2 Å². The van der Waals surface area contributed by atoms with Crippen LogP contribution in [0.1, 0.15) is 122 Å². The molecular formula is C48H75N5O5S2. The van der Waals surface area contributed by atoms with Crippen LogP contribution in [0.2, 0.25) is 0 Å². The lowest BCUT2D eigenvalue weighted by Gasteiger charge is -2.46. The van der Waals surface area contributed by atoms with Crippen molar-refractivity contribution in [2.75, 3.05) is 83.3 Å². The molecule has 60 heavy (non-hydrogen) atoms. The van der Waals surface area contributed by atoms with E-state index in [0.717, 1.165) is 90.0 Å². The smallest absolute Gasteiger partial charge is 0.210 e. The molecule has 3 fully saturated rings. The van der Waals surface area contributed by atoms with E-state index in [1.165, 1.54) is 96.1 Å². The second kappa shape index (κ2) is 24.3. The maximum Gasteiger partial charge on any atom is 0.210 e. The summed E-state index contributed by atoms with van der Waals surface area (Å²) in [5.74, 6) is 0.683. The number of anilines is 1. The molecule has 3 aliphatic rings. The van der Waals surface area contributed by atoms with Gasteiger partial charge in [-0.25, -0.2) is 8.42 Å². The Labute approximate surface area is 364 Å². The number of fused-ring (bicyclic) bond motifs is 1. The average molecular weight is 866 g/mol. The summed E-state index contributed by atoms with van der Waals surface area (Å²) in [6.45, 7) is 11.8. The van der Waals surface area contributed by atoms with E-state index in [2.05, 4.69) is 31.5 Å². The highest BCUT2D eigenvalue weighted by Crippen LogP contribution is 2.39. The minimum atomic E-state index is -3.93. The molecule has 0 amide bonds. The zero-order valence-corrected chi connectivity index (χ0v) is 38.5. The molecule has 3 saturated heterocycles. The first-order chi connectivity index (χ1) is 29.3. The standard InChI is InChI=1S/C48H75N5O5S2/c1-3-4-5-6-7-8-9-10-11-12-13-14-15-16-37-58-42-17-20-44(21-18-42)60(56,57)47-39-49-46-22-19-43(59(2)55)38-45(46)48(47)53-29-25-40(26-30-53)51-27-23-41(24-28-51)52-33-31-50(32-34-52)35-36-54/h17-22,38-41,54H,3-16,23-37H2,1-2H3. The first-order valence-electron chi connectivity index (χ1n) is 23.6. The zero-order valence-electron chi connectivity index (χ0n) is 36.9. The highest BCUT2D eigenvalue weighted by molar-refractivity contribution is 7.91. The van der Waals surface area contributed by atoms with Crippen molar-refractivity contribution in [3.63, 3.8) is 0 Å². The minimum absolute atomic E-state index is 0.198. The summed E-state index contributed by atoms with van der Waals surface area (Å²) in [4.78, 5) is 15.6. The SMILES string of the molecule is CCCCCCCCCCCCCCCCOc1ccc(S(=O)(=O)c2cnc3ccc(S(C)=O)cc3c2N2CCC(N3CCC(N4CCN(CCO)CC4)CC3)CC2)cc1. The number of likely N-dealkylation sites (tertiary alicyclic amines) is 1. The monoisotopic (exact) mass is 866 g/mol. The number of aliphatic hydroxyl groups is 1. The van der Waals surface area contributed by atoms with Crippen molar-refractivity contribution in [3.8, 4) is 5.75 Å². The molecule has 2 aromatic carbocycles. The number of β-amino-alcohol motifs (C(OH)–C–C–N with tert-alkyl or cyclic N) is 1. The van der Waals surface area contributed by atoms with Crippen LogP contribution in [0.3, 0.4) is 0 Å². The van der Waals surface area contributed by atoms with Crippen LogP contribution < -0.4 is 9.64 Å². The number of ether oxygens (including phenoxy) is 1. The lowest BCUT2D eigenvalue weighted by Crippen LogP contribution is -2.55. The van der Waals surface area contributed by atoms with Gasteiger partial charge in [0, 0.05) is 91.4 Å². The van der Waals surface area contributed by atoms with Gasteiger partial charge >= 0.3 is 0 Å². The number of aromatic nitrogens is 1. The van der Waals surface area contributed by atoms with E-state index in [4.69, 9.17) is 4.74 Å². The highest BCUT2D eigenvalue weighted by Gasteiger charge is 2.34. The van der Waals surface area contributed by atoms with Crippen molar-refractivity contribution in [3.05, 3.63) is 48.7 Å². The number of rotatable bonds is 24. The van der Waals surface area contributed by atoms with Crippen LogP contribution in [0.4, 0.5) is 5.69 Å². The quantitative estimate of drug-likeness (QED) is 0.0880. The Hall–Kier alpha value is -2.61. The normalized spacial score (nSPS) is 18.7. The number of hydrogen-bond donors (Lipinski definition) is 1. The maximum atomic E-state index is 14.5. The third-order valence-corrected chi connectivity index (χ3v) is 16.1. The summed E-state index contributed by atoms with van der Waals surface area (Å²) in [5.41, 5.74) is 1.37. The predicted molar refractivity (Wildman–Crippen MR) is 247 cm³/mol. The van der Waals surface area contributed by atoms with Crippen molar-refractivity contribution in [2.45, 2.75) is 149 Å². The summed E-state index contributed by atoms with van der Waals surface area (Å²) in [7, 11) is -5.16. The lowest BCUT2D eigenvalue weighted by molar-refractivity contribution is 0.0396. The van der Waals surface area contributed by atoms with Crippen molar-refractivity contribution in [2.24, 2.45) is 0 Å². The van der Waals surface area contributed by atoms with Crippen LogP contribution in [-0.2, 0) is 20.6 Å². The van der Waals surface area contributed by atoms with Gasteiger partial charge in [0.25, 0.3) is 0 Å². The summed E-state index contributed by atoms with van der Waals surface area (Å²) < 4.78 is 47.7. The summed E-state index contributed by atoms with van der Waals surface area (Å²) in [6, 6.07) is 13.5. The van der Waals surface area contributed by atoms with Gasteiger partial charge in [0.1, 0.15) is 10.6 Å². The number of benzene rings is 2. The fraction of sp³-hybridized carbons (Fsp3) is 0.688. The van der Waals surface area contributed by atoms with Gasteiger partial charge in [-0.15, -0.1) is 0 Å². The van der Waals surface area contributed by atoms with Crippen LogP contribution in [0.15, 0.2) is 63.3 Å². The highest BCUT2D eigenvalue weighted by atomic mass is 32.2. The molecule has 4 heterocycles. The number of piperidine rings is 2. The molecule has 334 valence electrons. The van der Waals surface area contributed by atoms with Gasteiger partial charge in [0.05, 0.1) is 29.3 Å². The molecule has 0 bridgehead atoms.